The Balaban J connectivity index is 0.00000144. The second-order valence-electron chi connectivity index (χ2n) is 3.49. The van der Waals surface area contributed by atoms with Crippen molar-refractivity contribution >= 4 is 11.8 Å². The summed E-state index contributed by atoms with van der Waals surface area (Å²) in [5.74, 6) is -0.958. The molecule has 0 bridgehead atoms. The first-order valence-electron chi connectivity index (χ1n) is 4.96. The summed E-state index contributed by atoms with van der Waals surface area (Å²) in [6.07, 6.45) is 1.18. The third-order valence-electron chi connectivity index (χ3n) is 2.47. The molecule has 1 aromatic heterocycles. The molecular formula is C10H11LiN2O4. The molecule has 6 nitrogen and oxygen atoms in total. The summed E-state index contributed by atoms with van der Waals surface area (Å²) >= 11 is 0. The maximum Gasteiger partial charge on any atom is 1.00 e. The Kier molecular flexibility index (Phi) is 4.82. The van der Waals surface area contributed by atoms with Gasteiger partial charge >= 0.3 is 18.9 Å². The van der Waals surface area contributed by atoms with E-state index >= 15 is 0 Å². The summed E-state index contributed by atoms with van der Waals surface area (Å²) in [4.78, 5) is 12.5. The Bertz CT molecular complexity index is 407. The molecule has 1 aromatic rings. The van der Waals surface area contributed by atoms with Crippen molar-refractivity contribution in [1.29, 1.82) is 0 Å². The van der Waals surface area contributed by atoms with Crippen LogP contribution in [0.25, 0.3) is 0 Å². The van der Waals surface area contributed by atoms with Crippen molar-refractivity contribution < 1.29 is 38.2 Å². The molecule has 0 spiro atoms. The monoisotopic (exact) mass is 230 g/mol. The number of aromatic nitrogens is 1. The number of carbonyl (C=O) groups excluding carboxylic acids is 1. The molecule has 0 amide bonds. The molecule has 0 aliphatic carbocycles. The van der Waals surface area contributed by atoms with Gasteiger partial charge in [-0.1, -0.05) is 0 Å². The second-order valence-corrected chi connectivity index (χ2v) is 3.49. The largest absolute Gasteiger partial charge is 1.00 e. The van der Waals surface area contributed by atoms with Crippen LogP contribution in [-0.4, -0.2) is 32.3 Å². The number of anilines is 1. The molecule has 1 fully saturated rings. The molecular weight excluding hydrogens is 219 g/mol. The van der Waals surface area contributed by atoms with Gasteiger partial charge in [0.05, 0.1) is 25.4 Å². The number of morpholine rings is 1. The van der Waals surface area contributed by atoms with Crippen LogP contribution in [-0.2, 0) is 4.74 Å². The van der Waals surface area contributed by atoms with E-state index in [0.29, 0.717) is 36.9 Å². The first-order valence-corrected chi connectivity index (χ1v) is 4.96. The van der Waals surface area contributed by atoms with Crippen LogP contribution in [0, 0.1) is 5.21 Å². The number of carboxylic acid groups (broad SMARTS) is 1. The summed E-state index contributed by atoms with van der Waals surface area (Å²) in [6, 6.07) is 2.56. The fourth-order valence-corrected chi connectivity index (χ4v) is 1.63. The second kappa shape index (κ2) is 5.91. The van der Waals surface area contributed by atoms with E-state index < -0.39 is 5.97 Å². The molecule has 1 saturated heterocycles. The molecule has 86 valence electrons. The zero-order valence-electron chi connectivity index (χ0n) is 9.59. The van der Waals surface area contributed by atoms with Crippen LogP contribution < -0.4 is 33.6 Å². The van der Waals surface area contributed by atoms with Gasteiger partial charge in [0, 0.05) is 11.6 Å². The van der Waals surface area contributed by atoms with E-state index in [1.807, 2.05) is 0 Å². The Hall–Kier alpha value is -1.22. The standard InChI is InChI=1S/C10H12N2O4.Li/c13-10(14)8-1-2-12(15)9(7-8)11-3-5-16-6-4-11;/h1-2,7H,3-6H2,(H,13,14);/q;+1/p-1. The smallest absolute Gasteiger partial charge is 0.711 e. The number of nitrogens with zero attached hydrogens (tertiary/aromatic N) is 2. The summed E-state index contributed by atoms with van der Waals surface area (Å²) in [5.41, 5.74) is 0.00796. The summed E-state index contributed by atoms with van der Waals surface area (Å²) < 4.78 is 5.81. The first-order chi connectivity index (χ1) is 7.68. The van der Waals surface area contributed by atoms with Gasteiger partial charge in [-0.05, 0) is 6.07 Å². The number of hydrogen-bond donors (Lipinski definition) is 0. The van der Waals surface area contributed by atoms with Crippen molar-refractivity contribution in [2.75, 3.05) is 31.2 Å². The topological polar surface area (TPSA) is 79.5 Å². The summed E-state index contributed by atoms with van der Waals surface area (Å²) in [5, 5.41) is 22.2. The molecule has 0 atom stereocenters. The van der Waals surface area contributed by atoms with Gasteiger partial charge in [-0.2, -0.15) is 0 Å². The van der Waals surface area contributed by atoms with E-state index in [-0.39, 0.29) is 24.4 Å². The van der Waals surface area contributed by atoms with Crippen LogP contribution >= 0.6 is 0 Å². The van der Waals surface area contributed by atoms with Crippen molar-refractivity contribution in [2.24, 2.45) is 0 Å². The SMILES string of the molecule is O=C([O-])c1cc[n+]([O-])c(N2CCOCC2)c1.[Li+]. The molecule has 0 N–H and O–H groups in total. The van der Waals surface area contributed by atoms with Crippen molar-refractivity contribution in [3.05, 3.63) is 29.1 Å². The first kappa shape index (κ1) is 13.8. The van der Waals surface area contributed by atoms with Crippen LogP contribution in [0.15, 0.2) is 18.3 Å². The Labute approximate surface area is 111 Å². The zero-order valence-corrected chi connectivity index (χ0v) is 9.59. The van der Waals surface area contributed by atoms with E-state index in [1.165, 1.54) is 18.3 Å². The molecule has 0 radical (unpaired) electrons. The fraction of sp³-hybridized carbons (Fsp3) is 0.400. The number of carboxylic acids is 1. The minimum atomic E-state index is -1.28. The van der Waals surface area contributed by atoms with Crippen LogP contribution in [0.4, 0.5) is 5.82 Å². The summed E-state index contributed by atoms with van der Waals surface area (Å²) in [7, 11) is 0. The number of rotatable bonds is 2. The van der Waals surface area contributed by atoms with Crippen LogP contribution in [0.3, 0.4) is 0 Å². The average Bonchev–Trinajstić information content (AvgIpc) is 2.30. The number of ether oxygens (including phenoxy) is 1. The van der Waals surface area contributed by atoms with E-state index in [9.17, 15) is 15.1 Å². The zero-order chi connectivity index (χ0) is 11.5. The van der Waals surface area contributed by atoms with Gasteiger partial charge in [-0.15, -0.1) is 0 Å². The van der Waals surface area contributed by atoms with Gasteiger partial charge in [0.25, 0.3) is 5.82 Å². The van der Waals surface area contributed by atoms with Crippen molar-refractivity contribution in [1.82, 2.24) is 0 Å². The number of carbonyl (C=O) groups is 1. The van der Waals surface area contributed by atoms with Gasteiger partial charge in [-0.25, -0.2) is 4.73 Å². The third-order valence-corrected chi connectivity index (χ3v) is 2.47. The van der Waals surface area contributed by atoms with Crippen molar-refractivity contribution in [3.63, 3.8) is 0 Å². The molecule has 0 aromatic carbocycles. The van der Waals surface area contributed by atoms with Crippen molar-refractivity contribution in [2.45, 2.75) is 0 Å². The molecule has 2 rings (SSSR count). The minimum Gasteiger partial charge on any atom is -0.711 e. The maximum absolute atomic E-state index is 11.5. The van der Waals surface area contributed by atoms with Gasteiger partial charge in [0.1, 0.15) is 13.1 Å². The quantitative estimate of drug-likeness (QED) is 0.291. The average molecular weight is 230 g/mol. The number of hydrogen-bond acceptors (Lipinski definition) is 5. The van der Waals surface area contributed by atoms with Gasteiger partial charge < -0.3 is 19.8 Å². The van der Waals surface area contributed by atoms with E-state index in [4.69, 9.17) is 4.74 Å². The third kappa shape index (κ3) is 3.13. The molecule has 1 aliphatic rings. The van der Waals surface area contributed by atoms with Gasteiger partial charge in [-0.3, -0.25) is 4.90 Å². The van der Waals surface area contributed by atoms with Crippen molar-refractivity contribution in [3.8, 4) is 0 Å². The minimum absolute atomic E-state index is 0. The van der Waals surface area contributed by atoms with Gasteiger partial charge in [0.15, 0.2) is 0 Å². The fourth-order valence-electron chi connectivity index (χ4n) is 1.63. The number of aromatic carboxylic acids is 1. The Morgan fingerprint density at radius 3 is 2.65 bits per heavy atom. The summed E-state index contributed by atoms with van der Waals surface area (Å²) in [6.45, 7) is 2.24. The number of pyridine rings is 1. The maximum atomic E-state index is 11.5. The normalized spacial score (nSPS) is 15.2. The van der Waals surface area contributed by atoms with Crippen LogP contribution in [0.2, 0.25) is 0 Å². The van der Waals surface area contributed by atoms with Crippen LogP contribution in [0.5, 0.6) is 0 Å². The molecule has 1 aliphatic heterocycles. The van der Waals surface area contributed by atoms with E-state index in [2.05, 4.69) is 0 Å². The molecule has 7 heteroatoms. The van der Waals surface area contributed by atoms with Gasteiger partial charge in [0.2, 0.25) is 0 Å². The predicted octanol–water partition coefficient (Wildman–Crippen LogP) is -4.48. The Morgan fingerprint density at radius 1 is 1.41 bits per heavy atom. The molecule has 0 saturated carbocycles. The molecule has 0 unspecified atom stereocenters. The predicted molar refractivity (Wildman–Crippen MR) is 52.8 cm³/mol. The van der Waals surface area contributed by atoms with E-state index in [1.54, 1.807) is 4.90 Å². The Morgan fingerprint density at radius 2 is 2.06 bits per heavy atom. The van der Waals surface area contributed by atoms with E-state index in [0.717, 1.165) is 0 Å². The van der Waals surface area contributed by atoms with Crippen LogP contribution in [0.1, 0.15) is 10.4 Å². The molecule has 17 heavy (non-hydrogen) atoms. The molecule has 2 heterocycles.